The molecule has 6 rings (SSSR count). The van der Waals surface area contributed by atoms with E-state index in [1.54, 1.807) is 0 Å². The van der Waals surface area contributed by atoms with Crippen molar-refractivity contribution in [2.24, 2.45) is 35.5 Å². The number of ketones is 1. The average Bonchev–Trinajstić information content (AvgIpc) is 3.28. The SMILES string of the molecule is CCCCC=CCCC1CCC(C2CCC(c3ccc(C(=O)c4ccc(C5CCC(C6CCC(CCC=CCCCC)CC6)CC5)cc4C(C)(F)F)c(C(C)(F)F)c3)CC2)CC1. The van der Waals surface area contributed by atoms with Crippen LogP contribution in [0.15, 0.2) is 60.7 Å². The number of unbranched alkanes of at least 4 members (excludes halogenated alkanes) is 4. The highest BCUT2D eigenvalue weighted by molar-refractivity contribution is 6.11. The van der Waals surface area contributed by atoms with E-state index >= 15 is 17.6 Å². The van der Waals surface area contributed by atoms with Crippen molar-refractivity contribution in [1.82, 2.24) is 0 Å². The van der Waals surface area contributed by atoms with E-state index in [9.17, 15) is 4.79 Å². The zero-order valence-electron chi connectivity index (χ0n) is 39.2. The molecule has 0 atom stereocenters. The third kappa shape index (κ3) is 13.7. The van der Waals surface area contributed by atoms with Crippen LogP contribution in [0.5, 0.6) is 0 Å². The number of carbonyl (C=O) groups excluding carboxylic acids is 1. The molecular formula is C57H82F4O. The Balaban J connectivity index is 1.03. The first-order chi connectivity index (χ1) is 29.9. The second-order valence-electron chi connectivity index (χ2n) is 20.9. The summed E-state index contributed by atoms with van der Waals surface area (Å²) in [4.78, 5) is 14.2. The van der Waals surface area contributed by atoms with E-state index in [2.05, 4.69) is 38.2 Å². The minimum Gasteiger partial charge on any atom is -0.289 e. The Hall–Kier alpha value is -2.69. The van der Waals surface area contributed by atoms with Gasteiger partial charge in [0.1, 0.15) is 0 Å². The van der Waals surface area contributed by atoms with E-state index in [1.807, 2.05) is 12.1 Å². The van der Waals surface area contributed by atoms with Crippen molar-refractivity contribution in [2.75, 3.05) is 0 Å². The summed E-state index contributed by atoms with van der Waals surface area (Å²) in [5.74, 6) is -2.38. The van der Waals surface area contributed by atoms with E-state index in [0.29, 0.717) is 11.8 Å². The van der Waals surface area contributed by atoms with Crippen LogP contribution in [0.25, 0.3) is 0 Å². The standard InChI is InChI=1S/C57H82F4O/c1-5-7-9-11-13-15-17-41-19-23-43(24-20-41)45-27-31-47(32-28-45)49-35-37-51(53(39-49)56(3,58)59)55(62)52-38-36-50(40-54(52)57(4,60)61)48-33-29-46(30-34-48)44-25-21-42(22-26-44)18-16-14-12-10-8-6-2/h11-14,35-48H,5-10,15-34H2,1-4H3. The second-order valence-corrected chi connectivity index (χ2v) is 20.9. The summed E-state index contributed by atoms with van der Waals surface area (Å²) < 4.78 is 61.8. The Kier molecular flexibility index (Phi) is 18.5. The molecule has 0 bridgehead atoms. The van der Waals surface area contributed by atoms with Crippen molar-refractivity contribution in [3.8, 4) is 0 Å². The number of rotatable bonds is 20. The Labute approximate surface area is 374 Å². The molecule has 0 N–H and O–H groups in total. The van der Waals surface area contributed by atoms with Crippen LogP contribution in [0.1, 0.15) is 245 Å². The van der Waals surface area contributed by atoms with E-state index in [1.165, 1.54) is 140 Å². The Bertz CT molecular complexity index is 1590. The maximum Gasteiger partial charge on any atom is 0.271 e. The molecule has 0 radical (unpaired) electrons. The molecule has 344 valence electrons. The van der Waals surface area contributed by atoms with Crippen LogP contribution in [0.2, 0.25) is 0 Å². The fraction of sp³-hybridized carbons (Fsp3) is 0.702. The second kappa shape index (κ2) is 23.5. The third-order valence-electron chi connectivity index (χ3n) is 16.4. The molecule has 0 saturated heterocycles. The van der Waals surface area contributed by atoms with Crippen molar-refractivity contribution in [2.45, 2.75) is 218 Å². The lowest BCUT2D eigenvalue weighted by molar-refractivity contribution is 0.0158. The molecule has 0 unspecified atom stereocenters. The fourth-order valence-electron chi connectivity index (χ4n) is 12.4. The van der Waals surface area contributed by atoms with Gasteiger partial charge in [-0.05, 0) is 186 Å². The highest BCUT2D eigenvalue weighted by Gasteiger charge is 2.38. The van der Waals surface area contributed by atoms with E-state index in [4.69, 9.17) is 0 Å². The molecule has 4 fully saturated rings. The molecule has 0 heterocycles. The molecular weight excluding hydrogens is 777 g/mol. The minimum absolute atomic E-state index is 0.167. The Morgan fingerprint density at radius 1 is 0.500 bits per heavy atom. The van der Waals surface area contributed by atoms with E-state index in [-0.39, 0.29) is 34.1 Å². The van der Waals surface area contributed by atoms with Gasteiger partial charge in [0.15, 0.2) is 5.78 Å². The summed E-state index contributed by atoms with van der Waals surface area (Å²) in [6.07, 6.45) is 40.8. The Morgan fingerprint density at radius 2 is 0.823 bits per heavy atom. The summed E-state index contributed by atoms with van der Waals surface area (Å²) in [6, 6.07) is 9.70. The average molecular weight is 859 g/mol. The largest absolute Gasteiger partial charge is 0.289 e. The summed E-state index contributed by atoms with van der Waals surface area (Å²) in [5, 5.41) is 0. The minimum atomic E-state index is -3.29. The lowest BCUT2D eigenvalue weighted by Gasteiger charge is -2.38. The van der Waals surface area contributed by atoms with E-state index < -0.39 is 17.6 Å². The number of benzene rings is 2. The molecule has 0 aromatic heterocycles. The summed E-state index contributed by atoms with van der Waals surface area (Å²) in [7, 11) is 0. The first kappa shape index (κ1) is 48.8. The number of halogens is 4. The molecule has 1 nitrogen and oxygen atoms in total. The van der Waals surface area contributed by atoms with Gasteiger partial charge in [0.2, 0.25) is 0 Å². The lowest BCUT2D eigenvalue weighted by Crippen LogP contribution is -2.26. The van der Waals surface area contributed by atoms with Crippen molar-refractivity contribution in [3.05, 3.63) is 94.1 Å². The van der Waals surface area contributed by atoms with Gasteiger partial charge in [-0.2, -0.15) is 0 Å². The number of hydrogen-bond acceptors (Lipinski definition) is 1. The van der Waals surface area contributed by atoms with Crippen molar-refractivity contribution in [3.63, 3.8) is 0 Å². The quantitative estimate of drug-likeness (QED) is 0.0561. The normalized spacial score (nSPS) is 27.9. The summed E-state index contributed by atoms with van der Waals surface area (Å²) >= 11 is 0. The molecule has 62 heavy (non-hydrogen) atoms. The first-order valence-electron chi connectivity index (χ1n) is 25.7. The third-order valence-corrected chi connectivity index (χ3v) is 16.4. The van der Waals surface area contributed by atoms with Gasteiger partial charge < -0.3 is 0 Å². The van der Waals surface area contributed by atoms with Crippen LogP contribution < -0.4 is 0 Å². The number of allylic oxidation sites excluding steroid dienone is 4. The van der Waals surface area contributed by atoms with Crippen LogP contribution >= 0.6 is 0 Å². The van der Waals surface area contributed by atoms with Gasteiger partial charge in [-0.15, -0.1) is 0 Å². The van der Waals surface area contributed by atoms with Crippen molar-refractivity contribution >= 4 is 5.78 Å². The molecule has 0 aliphatic heterocycles. The highest BCUT2D eigenvalue weighted by atomic mass is 19.3. The lowest BCUT2D eigenvalue weighted by atomic mass is 9.67. The fourth-order valence-corrected chi connectivity index (χ4v) is 12.4. The number of alkyl halides is 4. The molecule has 0 spiro atoms. The molecule has 4 aliphatic carbocycles. The van der Waals surface area contributed by atoms with Crippen LogP contribution in [-0.4, -0.2) is 5.78 Å². The van der Waals surface area contributed by atoms with Gasteiger partial charge >= 0.3 is 0 Å². The van der Waals surface area contributed by atoms with E-state index in [0.717, 1.165) is 100 Å². The van der Waals surface area contributed by atoms with Gasteiger partial charge in [0.05, 0.1) is 0 Å². The van der Waals surface area contributed by atoms with Crippen molar-refractivity contribution < 1.29 is 22.4 Å². The van der Waals surface area contributed by atoms with Gasteiger partial charge in [-0.25, -0.2) is 17.6 Å². The monoisotopic (exact) mass is 859 g/mol. The molecule has 0 amide bonds. The predicted molar refractivity (Wildman–Crippen MR) is 252 cm³/mol. The molecule has 2 aromatic carbocycles. The maximum atomic E-state index is 15.4. The zero-order valence-corrected chi connectivity index (χ0v) is 39.2. The first-order valence-corrected chi connectivity index (χ1v) is 25.7. The van der Waals surface area contributed by atoms with Gasteiger partial charge in [-0.3, -0.25) is 4.79 Å². The number of hydrogen-bond donors (Lipinski definition) is 0. The van der Waals surface area contributed by atoms with Crippen LogP contribution in [0, 0.1) is 35.5 Å². The predicted octanol–water partition coefficient (Wildman–Crippen LogP) is 18.4. The molecule has 4 saturated carbocycles. The highest BCUT2D eigenvalue weighted by Crippen LogP contribution is 2.48. The summed E-state index contributed by atoms with van der Waals surface area (Å²) in [6.45, 7) is 6.13. The number of carbonyl (C=O) groups is 1. The van der Waals surface area contributed by atoms with Crippen LogP contribution in [0.3, 0.4) is 0 Å². The smallest absolute Gasteiger partial charge is 0.271 e. The molecule has 4 aliphatic rings. The van der Waals surface area contributed by atoms with Crippen molar-refractivity contribution in [1.29, 1.82) is 0 Å². The molecule has 5 heteroatoms. The summed E-state index contributed by atoms with van der Waals surface area (Å²) in [5.41, 5.74) is 0.666. The van der Waals surface area contributed by atoms with Crippen LogP contribution in [0.4, 0.5) is 17.6 Å². The maximum absolute atomic E-state index is 15.4. The Morgan fingerprint density at radius 3 is 1.15 bits per heavy atom. The van der Waals surface area contributed by atoms with Gasteiger partial charge in [-0.1, -0.05) is 114 Å². The van der Waals surface area contributed by atoms with Gasteiger partial charge in [0.25, 0.3) is 11.8 Å². The van der Waals surface area contributed by atoms with Crippen LogP contribution in [-0.2, 0) is 11.8 Å². The molecule has 2 aromatic rings. The zero-order chi connectivity index (χ0) is 44.1. The topological polar surface area (TPSA) is 17.1 Å². The van der Waals surface area contributed by atoms with Gasteiger partial charge in [0, 0.05) is 36.1 Å².